The van der Waals surface area contributed by atoms with E-state index in [0.717, 1.165) is 95.7 Å². The second-order valence-corrected chi connectivity index (χ2v) is 40.0. The normalized spacial score (nSPS) is 13.9. The van der Waals surface area contributed by atoms with Gasteiger partial charge in [-0.25, -0.2) is 0 Å². The number of nitrogens with one attached hydrogen (secondary N) is 6. The third kappa shape index (κ3) is 38.8. The van der Waals surface area contributed by atoms with Gasteiger partial charge in [0.05, 0.1) is 85.4 Å². The Morgan fingerprint density at radius 2 is 0.621 bits per heavy atom. The molecular formula is C116H158N14P2. The van der Waals surface area contributed by atoms with Crippen molar-refractivity contribution in [1.29, 1.82) is 0 Å². The fourth-order valence-electron chi connectivity index (χ4n) is 16.6. The number of aryl methyl sites for hydroxylation is 10. The molecule has 14 nitrogen and oxygen atoms in total. The Balaban J connectivity index is 0.000000217. The largest absolute Gasteiger partial charge is 0.372 e. The van der Waals surface area contributed by atoms with E-state index in [0.29, 0.717) is 62.8 Å². The first-order chi connectivity index (χ1) is 63.4. The van der Waals surface area contributed by atoms with Crippen molar-refractivity contribution in [2.24, 2.45) is 45.9 Å². The summed E-state index contributed by atoms with van der Waals surface area (Å²) in [6, 6.07) is 83.4. The van der Waals surface area contributed by atoms with E-state index in [-0.39, 0.29) is 0 Å². The van der Waals surface area contributed by atoms with Crippen molar-refractivity contribution in [2.45, 2.75) is 311 Å². The number of anilines is 3. The Kier molecular flexibility index (Phi) is 46.5. The lowest BCUT2D eigenvalue weighted by Gasteiger charge is -2.24. The van der Waals surface area contributed by atoms with E-state index in [1.165, 1.54) is 175 Å². The zero-order chi connectivity index (χ0) is 95.3. The number of para-hydroxylation sites is 4. The van der Waals surface area contributed by atoms with Crippen LogP contribution in [0.4, 0.5) is 22.7 Å². The molecule has 1 atom stereocenters. The van der Waals surface area contributed by atoms with E-state index in [1.807, 2.05) is 27.7 Å². The van der Waals surface area contributed by atoms with Crippen molar-refractivity contribution in [3.63, 3.8) is 0 Å². The molecule has 16 heteroatoms. The minimum Gasteiger partial charge on any atom is -0.372 e. The molecule has 0 bridgehead atoms. The summed E-state index contributed by atoms with van der Waals surface area (Å²) in [7, 11) is 2.10. The quantitative estimate of drug-likeness (QED) is 0.0149. The summed E-state index contributed by atoms with van der Waals surface area (Å²) < 4.78 is 0. The van der Waals surface area contributed by atoms with Gasteiger partial charge in [-0.05, 0) is 315 Å². The number of benzene rings is 10. The Morgan fingerprint density at radius 3 is 0.955 bits per heavy atom. The molecule has 0 heterocycles. The van der Waals surface area contributed by atoms with Crippen LogP contribution in [0.25, 0.3) is 0 Å². The fraction of sp³-hybridized carbons (Fsp3) is 0.414. The molecule has 2 aliphatic rings. The summed E-state index contributed by atoms with van der Waals surface area (Å²) in [6.45, 7) is 50.5. The van der Waals surface area contributed by atoms with Crippen LogP contribution in [0.15, 0.2) is 270 Å². The lowest BCUT2D eigenvalue weighted by atomic mass is 9.83. The third-order valence-electron chi connectivity index (χ3n) is 23.4. The maximum Gasteiger partial charge on any atom is 0.0979 e. The van der Waals surface area contributed by atoms with E-state index in [4.69, 9.17) is 30.0 Å². The Labute approximate surface area is 800 Å². The van der Waals surface area contributed by atoms with Crippen LogP contribution in [-0.2, 0) is 52.1 Å². The second-order valence-electron chi connectivity index (χ2n) is 36.9. The highest BCUT2D eigenvalue weighted by Crippen LogP contribution is 2.41. The summed E-state index contributed by atoms with van der Waals surface area (Å²) in [5.41, 5.74) is 28.1. The van der Waals surface area contributed by atoms with Crippen molar-refractivity contribution in [3.8, 4) is 0 Å². The second kappa shape index (κ2) is 57.6. The summed E-state index contributed by atoms with van der Waals surface area (Å²) in [5, 5.41) is 23.1. The van der Waals surface area contributed by atoms with E-state index in [1.54, 1.807) is 0 Å². The minimum absolute atomic E-state index is 0.395. The fourth-order valence-corrected chi connectivity index (χ4v) is 19.5. The predicted molar refractivity (Wildman–Crippen MR) is 585 cm³/mol. The summed E-state index contributed by atoms with van der Waals surface area (Å²) in [4.78, 5) is 38.8. The van der Waals surface area contributed by atoms with E-state index in [2.05, 4.69) is 406 Å². The van der Waals surface area contributed by atoms with Gasteiger partial charge in [-0.15, -0.1) is 9.24 Å². The van der Waals surface area contributed by atoms with Gasteiger partial charge in [0.1, 0.15) is 0 Å². The van der Waals surface area contributed by atoms with Gasteiger partial charge >= 0.3 is 0 Å². The molecule has 10 aromatic carbocycles. The molecule has 2 saturated carbocycles. The van der Waals surface area contributed by atoms with Gasteiger partial charge in [-0.2, -0.15) is 0 Å². The van der Waals surface area contributed by atoms with Crippen LogP contribution in [0.1, 0.15) is 263 Å². The molecule has 0 spiro atoms. The number of amidine groups is 6. The van der Waals surface area contributed by atoms with Crippen LogP contribution in [0.3, 0.4) is 0 Å². The maximum absolute atomic E-state index is 5.50. The lowest BCUT2D eigenvalue weighted by Crippen LogP contribution is -2.28. The minimum atomic E-state index is -0.809. The van der Waals surface area contributed by atoms with Gasteiger partial charge in [0, 0.05) is 54.9 Å². The molecule has 1 unspecified atom stereocenters. The number of rotatable bonds is 30. The van der Waals surface area contributed by atoms with Gasteiger partial charge in [-0.3, -0.25) is 39.9 Å². The monoisotopic (exact) mass is 1810 g/mol. The zero-order valence-corrected chi connectivity index (χ0v) is 86.2. The number of hydrogen-bond donors (Lipinski definition) is 6. The average molecular weight is 1810 g/mol. The van der Waals surface area contributed by atoms with Crippen molar-refractivity contribution in [2.75, 3.05) is 16.0 Å². The number of nitrogens with zero attached hydrogens (tertiary/aromatic N) is 8. The molecule has 12 rings (SSSR count). The van der Waals surface area contributed by atoms with Crippen LogP contribution >= 0.6 is 17.2 Å². The van der Waals surface area contributed by atoms with Gasteiger partial charge in [0.2, 0.25) is 0 Å². The first kappa shape index (κ1) is 107. The topological polar surface area (TPSA) is 171 Å². The smallest absolute Gasteiger partial charge is 0.0979 e. The SMILES string of the molecule is CC(=NCc1cccc(CN=C(C)NC(C)C)c1)NC(C)C.CC(=NCc1cccc(CN=C(C)Nc2c(C)cccc2C)c1)Nc1c(C)cccc1C.CC(=NCc1ccccc1CCC(=NC(C)C)C1CCCCC1)NC(C)C.CC(=NCc1ccccc1CCC(=Nc1c(C)cccc1C)P(c1ccccc1)c1ccccc1)Nc1c(C)cccc1C.PC1CCCCC1. The standard InChI is InChI=1S/C40H42N3P.C28H34N4.C24H39N3.C18H30N4.C6H13P/c1-29-16-14-17-30(2)39(29)42-33(5)41-28-35-21-13-12-20-34(35)26-27-38(43-40-31(3)18-15-19-32(40)4)44(36-22-8-6-9-23-36)37-24-10-7-11-25-37;1-19-10-7-11-20(2)27(19)31-23(5)29-17-25-14-9-15-26(16-25)18-30-24(6)32-28-21(3)12-8-13-22(28)4;1-18(2)26-20(5)25-17-23-14-10-9-11-21(23)15-16-24(27-19(3)4)22-12-7-6-8-13-22;1-13(2)21-15(5)19-11-17-8-7-9-18(10-17)12-20-16(6)22-14(3)4;7-6-4-2-1-3-5-6/h6-25H,26-28H2,1-5H3,(H,41,42);7-16H,17-18H2,1-6H3,(H,29,31)(H,30,32);9-11,14,18-19,22H,6-8,12-13,15-17H2,1-5H3,(H,25,26);7-10,13-14H,11-12H2,1-6H3,(H,19,21)(H,20,22);6H,1-5,7H2. The highest BCUT2D eigenvalue weighted by atomic mass is 31.1. The van der Waals surface area contributed by atoms with E-state index >= 15 is 0 Å². The highest BCUT2D eigenvalue weighted by Gasteiger charge is 2.24. The first-order valence-electron chi connectivity index (χ1n) is 48.5. The van der Waals surface area contributed by atoms with Crippen molar-refractivity contribution < 1.29 is 0 Å². The van der Waals surface area contributed by atoms with Crippen molar-refractivity contribution >= 4 is 96.7 Å². The van der Waals surface area contributed by atoms with Crippen LogP contribution in [0.2, 0.25) is 0 Å². The molecular weight excluding hydrogens is 1650 g/mol. The van der Waals surface area contributed by atoms with Crippen LogP contribution in [-0.4, -0.2) is 76.0 Å². The first-order valence-corrected chi connectivity index (χ1v) is 50.5. The Morgan fingerprint density at radius 1 is 0.326 bits per heavy atom. The molecule has 10 aromatic rings. The highest BCUT2D eigenvalue weighted by molar-refractivity contribution is 7.88. The molecule has 0 saturated heterocycles. The number of aliphatic imine (C=N–C) groups is 8. The average Bonchev–Trinajstić information content (AvgIpc) is 0.803. The van der Waals surface area contributed by atoms with Gasteiger partial charge in [0.15, 0.2) is 0 Å². The Bertz CT molecular complexity index is 5180. The number of hydrogen-bond acceptors (Lipinski definition) is 8. The van der Waals surface area contributed by atoms with Crippen LogP contribution in [0, 0.1) is 61.3 Å². The summed E-state index contributed by atoms with van der Waals surface area (Å²) in [5.74, 6) is 6.45. The molecule has 0 aromatic heterocycles. The van der Waals surface area contributed by atoms with Crippen LogP contribution in [0.5, 0.6) is 0 Å². The van der Waals surface area contributed by atoms with Crippen LogP contribution < -0.4 is 42.5 Å². The lowest BCUT2D eigenvalue weighted by molar-refractivity contribution is 0.433. The van der Waals surface area contributed by atoms with Gasteiger partial charge < -0.3 is 31.9 Å². The van der Waals surface area contributed by atoms with Gasteiger partial charge in [-0.1, -0.05) is 269 Å². The summed E-state index contributed by atoms with van der Waals surface area (Å²) in [6.07, 6.45) is 18.0. The molecule has 2 fully saturated rings. The molecule has 132 heavy (non-hydrogen) atoms. The third-order valence-corrected chi connectivity index (χ3v) is 26.6. The van der Waals surface area contributed by atoms with E-state index < -0.39 is 7.92 Å². The van der Waals surface area contributed by atoms with Crippen molar-refractivity contribution in [3.05, 3.63) is 320 Å². The van der Waals surface area contributed by atoms with E-state index in [9.17, 15) is 0 Å². The van der Waals surface area contributed by atoms with Gasteiger partial charge in [0.25, 0.3) is 0 Å². The predicted octanol–water partition coefficient (Wildman–Crippen LogP) is 28.4. The Hall–Kier alpha value is -10.8. The molecule has 0 radical (unpaired) electrons. The molecule has 702 valence electrons. The maximum atomic E-state index is 5.50. The molecule has 6 N–H and O–H groups in total. The molecule has 2 aliphatic carbocycles. The molecule has 0 amide bonds. The summed E-state index contributed by atoms with van der Waals surface area (Å²) >= 11 is 0. The molecule has 0 aliphatic heterocycles. The zero-order valence-electron chi connectivity index (χ0n) is 84.1. The van der Waals surface area contributed by atoms with Crippen molar-refractivity contribution in [1.82, 2.24) is 16.0 Å².